The Labute approximate surface area is 118 Å². The molecule has 1 rings (SSSR count). The predicted octanol–water partition coefficient (Wildman–Crippen LogP) is 4.62. The molecule has 0 amide bonds. The monoisotopic (exact) mass is 264 g/mol. The molecule has 2 nitrogen and oxygen atoms in total. The van der Waals surface area contributed by atoms with Crippen LogP contribution < -0.4 is 0 Å². The molecule has 0 aromatic heterocycles. The fourth-order valence-electron chi connectivity index (χ4n) is 1.44. The molecule has 0 atom stereocenters. The molecule has 108 valence electrons. The Hall–Kier alpha value is -1.15. The first-order valence-corrected chi connectivity index (χ1v) is 6.96. The summed E-state index contributed by atoms with van der Waals surface area (Å²) >= 11 is 0. The normalized spacial score (nSPS) is 11.5. The van der Waals surface area contributed by atoms with Gasteiger partial charge in [0.15, 0.2) is 0 Å². The Morgan fingerprint density at radius 3 is 1.95 bits per heavy atom. The van der Waals surface area contributed by atoms with E-state index in [9.17, 15) is 4.79 Å². The van der Waals surface area contributed by atoms with E-state index in [1.165, 1.54) is 0 Å². The minimum Gasteiger partial charge on any atom is -0.370 e. The number of rotatable bonds is 5. The highest BCUT2D eigenvalue weighted by molar-refractivity contribution is 5.82. The molecule has 0 spiro atoms. The minimum absolute atomic E-state index is 0.149. The van der Waals surface area contributed by atoms with E-state index in [-0.39, 0.29) is 5.78 Å². The first kappa shape index (κ1) is 17.8. The molecule has 1 aromatic carbocycles. The maximum Gasteiger partial charge on any atom is 0.138 e. The van der Waals surface area contributed by atoms with Crippen molar-refractivity contribution in [3.8, 4) is 0 Å². The van der Waals surface area contributed by atoms with Crippen molar-refractivity contribution in [1.29, 1.82) is 0 Å². The molecule has 0 N–H and O–H groups in total. The third-order valence-corrected chi connectivity index (χ3v) is 3.83. The molecule has 0 unspecified atom stereocenters. The first-order chi connectivity index (χ1) is 8.77. The number of ketones is 1. The second kappa shape index (κ2) is 7.44. The average molecular weight is 264 g/mol. The first-order valence-electron chi connectivity index (χ1n) is 6.96. The van der Waals surface area contributed by atoms with Crippen LogP contribution in [-0.4, -0.2) is 11.4 Å². The van der Waals surface area contributed by atoms with Gasteiger partial charge in [0.1, 0.15) is 5.78 Å². The topological polar surface area (TPSA) is 26.3 Å². The Balaban J connectivity index is 0.00000154. The van der Waals surface area contributed by atoms with E-state index in [0.29, 0.717) is 6.61 Å². The van der Waals surface area contributed by atoms with Gasteiger partial charge < -0.3 is 4.74 Å². The third kappa shape index (κ3) is 4.79. The molecule has 19 heavy (non-hydrogen) atoms. The summed E-state index contributed by atoms with van der Waals surface area (Å²) in [6.07, 6.45) is 0. The number of carbonyl (C=O) groups is 1. The van der Waals surface area contributed by atoms with Crippen LogP contribution in [0.25, 0.3) is 0 Å². The summed E-state index contributed by atoms with van der Waals surface area (Å²) in [5.41, 5.74) is 0.163. The second-order valence-corrected chi connectivity index (χ2v) is 5.47. The van der Waals surface area contributed by atoms with Gasteiger partial charge in [0.25, 0.3) is 0 Å². The van der Waals surface area contributed by atoms with E-state index in [4.69, 9.17) is 4.74 Å². The number of hydrogen-bond acceptors (Lipinski definition) is 2. The lowest BCUT2D eigenvalue weighted by Crippen LogP contribution is -2.46. The van der Waals surface area contributed by atoms with E-state index in [1.807, 2.05) is 71.9 Å². The molecular formula is C17H28O2. The zero-order valence-electron chi connectivity index (χ0n) is 13.4. The van der Waals surface area contributed by atoms with Crippen LogP contribution in [0, 0.1) is 5.41 Å². The molecule has 0 saturated carbocycles. The highest BCUT2D eigenvalue weighted by Crippen LogP contribution is 2.35. The van der Waals surface area contributed by atoms with Gasteiger partial charge in [-0.2, -0.15) is 0 Å². The fraction of sp³-hybridized carbons (Fsp3) is 0.588. The zero-order valence-corrected chi connectivity index (χ0v) is 13.4. The third-order valence-electron chi connectivity index (χ3n) is 3.83. The van der Waals surface area contributed by atoms with Crippen molar-refractivity contribution in [2.24, 2.45) is 5.41 Å². The zero-order chi connectivity index (χ0) is 15.1. The van der Waals surface area contributed by atoms with Crippen molar-refractivity contribution in [2.45, 2.75) is 60.7 Å². The number of benzene rings is 1. The summed E-state index contributed by atoms with van der Waals surface area (Å²) in [4.78, 5) is 11.6. The van der Waals surface area contributed by atoms with Crippen molar-refractivity contribution in [3.63, 3.8) is 0 Å². The summed E-state index contributed by atoms with van der Waals surface area (Å²) in [6, 6.07) is 10.0. The summed E-state index contributed by atoms with van der Waals surface area (Å²) < 4.78 is 5.92. The quantitative estimate of drug-likeness (QED) is 0.775. The van der Waals surface area contributed by atoms with Crippen molar-refractivity contribution in [2.75, 3.05) is 0 Å². The molecule has 0 aliphatic carbocycles. The molecule has 0 heterocycles. The molecule has 0 aliphatic rings. The average Bonchev–Trinajstić information content (AvgIpc) is 2.39. The Kier molecular flexibility index (Phi) is 6.99. The van der Waals surface area contributed by atoms with Crippen molar-refractivity contribution in [1.82, 2.24) is 0 Å². The summed E-state index contributed by atoms with van der Waals surface area (Å²) in [5, 5.41) is 0. The molecule has 0 bridgehead atoms. The van der Waals surface area contributed by atoms with Gasteiger partial charge in [0.05, 0.1) is 17.6 Å². The Morgan fingerprint density at radius 2 is 1.53 bits per heavy atom. The van der Waals surface area contributed by atoms with Gasteiger partial charge in [-0.1, -0.05) is 58.0 Å². The summed E-state index contributed by atoms with van der Waals surface area (Å²) in [6.45, 7) is 14.0. The molecule has 1 aromatic rings. The van der Waals surface area contributed by atoms with E-state index in [2.05, 4.69) is 0 Å². The van der Waals surface area contributed by atoms with Crippen LogP contribution in [0.15, 0.2) is 30.3 Å². The second-order valence-electron chi connectivity index (χ2n) is 5.47. The van der Waals surface area contributed by atoms with Gasteiger partial charge in [-0.3, -0.25) is 4.79 Å². The van der Waals surface area contributed by atoms with Crippen molar-refractivity contribution < 1.29 is 9.53 Å². The molecule has 0 saturated heterocycles. The van der Waals surface area contributed by atoms with Gasteiger partial charge in [0.2, 0.25) is 0 Å². The van der Waals surface area contributed by atoms with E-state index < -0.39 is 11.0 Å². The molecule has 0 aliphatic heterocycles. The predicted molar refractivity (Wildman–Crippen MR) is 81.1 cm³/mol. The lowest BCUT2D eigenvalue weighted by Gasteiger charge is -2.39. The minimum atomic E-state index is -0.484. The smallest absolute Gasteiger partial charge is 0.138 e. The van der Waals surface area contributed by atoms with Crippen molar-refractivity contribution in [3.05, 3.63) is 35.9 Å². The van der Waals surface area contributed by atoms with Crippen LogP contribution in [0.5, 0.6) is 0 Å². The van der Waals surface area contributed by atoms with Gasteiger partial charge in [0, 0.05) is 0 Å². The summed E-state index contributed by atoms with van der Waals surface area (Å²) in [5.74, 6) is 0.149. The van der Waals surface area contributed by atoms with E-state index in [0.717, 1.165) is 5.56 Å². The number of Topliss-reactive ketones (excluding diaryl/α,β-unsaturated/α-hetero) is 1. The van der Waals surface area contributed by atoms with Gasteiger partial charge in [-0.05, 0) is 26.3 Å². The van der Waals surface area contributed by atoms with Crippen LogP contribution >= 0.6 is 0 Å². The van der Waals surface area contributed by atoms with Gasteiger partial charge in [-0.25, -0.2) is 0 Å². The molecule has 0 radical (unpaired) electrons. The maximum atomic E-state index is 11.6. The molecule has 2 heteroatoms. The number of ether oxygens (including phenoxy) is 1. The Morgan fingerprint density at radius 1 is 1.05 bits per heavy atom. The SMILES string of the molecule is CC.CC(=O)C(C)(C)C(C)(C)OCc1ccccc1. The molecular weight excluding hydrogens is 236 g/mol. The van der Waals surface area contributed by atoms with Crippen LogP contribution in [0.4, 0.5) is 0 Å². The van der Waals surface area contributed by atoms with Crippen molar-refractivity contribution >= 4 is 5.78 Å². The van der Waals surface area contributed by atoms with Gasteiger partial charge >= 0.3 is 0 Å². The lowest BCUT2D eigenvalue weighted by molar-refractivity contribution is -0.149. The highest BCUT2D eigenvalue weighted by Gasteiger charge is 2.41. The van der Waals surface area contributed by atoms with Crippen LogP contribution in [-0.2, 0) is 16.1 Å². The van der Waals surface area contributed by atoms with Crippen LogP contribution in [0.2, 0.25) is 0 Å². The maximum absolute atomic E-state index is 11.6. The standard InChI is InChI=1S/C15H22O2.C2H6/c1-12(16)14(2,3)15(4,5)17-11-13-9-7-6-8-10-13;1-2/h6-10H,11H2,1-5H3;1-2H3. The fourth-order valence-corrected chi connectivity index (χ4v) is 1.44. The number of carbonyl (C=O) groups excluding carboxylic acids is 1. The highest BCUT2D eigenvalue weighted by atomic mass is 16.5. The largest absolute Gasteiger partial charge is 0.370 e. The van der Waals surface area contributed by atoms with Crippen LogP contribution in [0.1, 0.15) is 54.0 Å². The van der Waals surface area contributed by atoms with Crippen LogP contribution in [0.3, 0.4) is 0 Å². The number of hydrogen-bond donors (Lipinski definition) is 0. The van der Waals surface area contributed by atoms with Gasteiger partial charge in [-0.15, -0.1) is 0 Å². The lowest BCUT2D eigenvalue weighted by atomic mass is 9.74. The summed E-state index contributed by atoms with van der Waals surface area (Å²) in [7, 11) is 0. The Bertz CT molecular complexity index is 378. The van der Waals surface area contributed by atoms with E-state index in [1.54, 1.807) is 6.92 Å². The molecule has 0 fully saturated rings. The van der Waals surface area contributed by atoms with E-state index >= 15 is 0 Å².